The topological polar surface area (TPSA) is 29.5 Å². The van der Waals surface area contributed by atoms with E-state index in [9.17, 15) is 4.79 Å². The summed E-state index contributed by atoms with van der Waals surface area (Å²) < 4.78 is 5.13. The van der Waals surface area contributed by atoms with Crippen LogP contribution in [-0.4, -0.2) is 37.1 Å². The molecular weight excluding hydrogens is 298 g/mol. The predicted molar refractivity (Wildman–Crippen MR) is 102 cm³/mol. The fraction of sp³-hybridized carbons (Fsp3) is 0.571. The van der Waals surface area contributed by atoms with Gasteiger partial charge in [-0.25, -0.2) is 0 Å². The monoisotopic (exact) mass is 331 g/mol. The number of ether oxygens (including phenoxy) is 1. The lowest BCUT2D eigenvalue weighted by Crippen LogP contribution is -2.49. The molecule has 2 unspecified atom stereocenters. The summed E-state index contributed by atoms with van der Waals surface area (Å²) in [6.45, 7) is 2.02. The lowest BCUT2D eigenvalue weighted by atomic mass is 9.76. The van der Waals surface area contributed by atoms with E-state index in [1.807, 2.05) is 13.0 Å². The molecule has 1 aromatic carbocycles. The van der Waals surface area contributed by atoms with Crippen molar-refractivity contribution in [1.29, 1.82) is 0 Å². The van der Waals surface area contributed by atoms with Crippen molar-refractivity contribution in [2.24, 2.45) is 5.92 Å². The molecule has 0 aromatic heterocycles. The van der Waals surface area contributed by atoms with E-state index in [1.165, 1.54) is 24.7 Å². The molecule has 0 radical (unpaired) electrons. The lowest BCUT2D eigenvalue weighted by Gasteiger charge is -2.41. The maximum atomic E-state index is 12.4. The van der Waals surface area contributed by atoms with E-state index >= 15 is 0 Å². The highest BCUT2D eigenvalue weighted by Gasteiger charge is 2.49. The first-order valence-electron chi connectivity index (χ1n) is 8.18. The summed E-state index contributed by atoms with van der Waals surface area (Å²) in [6, 6.07) is 9.58. The number of hydrogen-bond acceptors (Lipinski definition) is 3. The van der Waals surface area contributed by atoms with Gasteiger partial charge in [0.15, 0.2) is 0 Å². The minimum Gasteiger partial charge on any atom is -0.469 e. The van der Waals surface area contributed by atoms with Crippen LogP contribution in [-0.2, 0) is 9.53 Å². The molecule has 134 valence electrons. The summed E-state index contributed by atoms with van der Waals surface area (Å²) >= 11 is 0. The Hall–Kier alpha value is -1.61. The van der Waals surface area contributed by atoms with E-state index < -0.39 is 0 Å². The first-order chi connectivity index (χ1) is 10.7. The van der Waals surface area contributed by atoms with Gasteiger partial charge in [0, 0.05) is 18.0 Å². The van der Waals surface area contributed by atoms with Crippen LogP contribution in [0.5, 0.6) is 0 Å². The largest absolute Gasteiger partial charge is 0.469 e. The van der Waals surface area contributed by atoms with Gasteiger partial charge in [0.05, 0.1) is 13.0 Å². The molecule has 2 saturated heterocycles. The molecule has 3 heteroatoms. The molecule has 2 bridgehead atoms. The molecule has 0 aliphatic carbocycles. The summed E-state index contributed by atoms with van der Waals surface area (Å²) in [7, 11) is 3.67. The standard InChI is InChI=1S/C19H25NO2.2CH4/c1-4-5-13-6-8-14(9-7-13)16-12-15-10-11-17(20(15)2)18(16)19(21)22-3;;/h4-9,15-18H,10-12H2,1-3H3;2*1H4/b5-4-;;/t15-,16-,17?,18?;;/m1../s1. The minimum absolute atomic E-state index is 0. The quantitative estimate of drug-likeness (QED) is 0.750. The number of hydrogen-bond donors (Lipinski definition) is 0. The van der Waals surface area contributed by atoms with Gasteiger partial charge in [-0.3, -0.25) is 9.69 Å². The Bertz CT molecular complexity index is 564. The van der Waals surface area contributed by atoms with Gasteiger partial charge in [0.2, 0.25) is 0 Å². The second-order valence-corrected chi connectivity index (χ2v) is 6.52. The molecule has 2 fully saturated rings. The molecule has 24 heavy (non-hydrogen) atoms. The van der Waals surface area contributed by atoms with Crippen molar-refractivity contribution >= 4 is 12.0 Å². The van der Waals surface area contributed by atoms with Crippen molar-refractivity contribution in [3.05, 3.63) is 41.5 Å². The van der Waals surface area contributed by atoms with Gasteiger partial charge >= 0.3 is 5.97 Å². The van der Waals surface area contributed by atoms with Gasteiger partial charge < -0.3 is 4.74 Å². The maximum absolute atomic E-state index is 12.4. The molecule has 3 nitrogen and oxygen atoms in total. The number of nitrogens with zero attached hydrogens (tertiary/aromatic N) is 1. The van der Waals surface area contributed by atoms with E-state index in [2.05, 4.69) is 42.3 Å². The van der Waals surface area contributed by atoms with Crippen molar-refractivity contribution < 1.29 is 9.53 Å². The molecule has 0 saturated carbocycles. The number of benzene rings is 1. The maximum Gasteiger partial charge on any atom is 0.310 e. The first-order valence-corrected chi connectivity index (χ1v) is 8.18. The number of carbonyl (C=O) groups is 1. The Labute approximate surface area is 147 Å². The second kappa shape index (κ2) is 8.48. The average molecular weight is 332 g/mol. The van der Waals surface area contributed by atoms with Crippen molar-refractivity contribution in [3.63, 3.8) is 0 Å². The fourth-order valence-corrected chi connectivity index (χ4v) is 4.31. The van der Waals surface area contributed by atoms with E-state index in [0.29, 0.717) is 12.1 Å². The summed E-state index contributed by atoms with van der Waals surface area (Å²) in [6.07, 6.45) is 7.49. The van der Waals surface area contributed by atoms with Crippen LogP contribution < -0.4 is 0 Å². The number of piperidine rings is 1. The third-order valence-corrected chi connectivity index (χ3v) is 5.47. The van der Waals surface area contributed by atoms with Gasteiger partial charge in [0.1, 0.15) is 0 Å². The Morgan fingerprint density at radius 3 is 2.46 bits per heavy atom. The fourth-order valence-electron chi connectivity index (χ4n) is 4.31. The first kappa shape index (κ1) is 20.4. The number of carbonyl (C=O) groups excluding carboxylic acids is 1. The van der Waals surface area contributed by atoms with Gasteiger partial charge in [-0.15, -0.1) is 0 Å². The van der Waals surface area contributed by atoms with Gasteiger partial charge in [-0.1, -0.05) is 51.3 Å². The highest BCUT2D eigenvalue weighted by molar-refractivity contribution is 5.75. The SMILES string of the molecule is C.C.C/C=C\c1ccc([C@H]2C[C@H]3CCC(C2C(=O)OC)N3C)cc1. The summed E-state index contributed by atoms with van der Waals surface area (Å²) in [5.74, 6) is 0.182. The van der Waals surface area contributed by atoms with Crippen LogP contribution in [0.25, 0.3) is 6.08 Å². The van der Waals surface area contributed by atoms with E-state index in [4.69, 9.17) is 4.74 Å². The third kappa shape index (κ3) is 3.56. The normalized spacial score (nSPS) is 29.0. The Kier molecular flexibility index (Phi) is 7.22. The molecule has 0 N–H and O–H groups in total. The number of methoxy groups -OCH3 is 1. The molecule has 4 atom stereocenters. The van der Waals surface area contributed by atoms with Crippen LogP contribution in [0.3, 0.4) is 0 Å². The zero-order valence-corrected chi connectivity index (χ0v) is 13.7. The number of rotatable bonds is 3. The number of allylic oxidation sites excluding steroid dienone is 1. The smallest absolute Gasteiger partial charge is 0.310 e. The highest BCUT2D eigenvalue weighted by Crippen LogP contribution is 2.46. The van der Waals surface area contributed by atoms with Crippen LogP contribution in [0.15, 0.2) is 30.3 Å². The van der Waals surface area contributed by atoms with Crippen LogP contribution in [0.2, 0.25) is 0 Å². The molecular formula is C21H33NO2. The molecule has 2 aliphatic heterocycles. The molecule has 2 aliphatic rings. The second-order valence-electron chi connectivity index (χ2n) is 6.52. The highest BCUT2D eigenvalue weighted by atomic mass is 16.5. The zero-order chi connectivity index (χ0) is 15.7. The van der Waals surface area contributed by atoms with Gasteiger partial charge in [-0.05, 0) is 44.4 Å². The van der Waals surface area contributed by atoms with Crippen molar-refractivity contribution in [2.75, 3.05) is 14.2 Å². The Morgan fingerprint density at radius 2 is 1.88 bits per heavy atom. The van der Waals surface area contributed by atoms with Crippen molar-refractivity contribution in [2.45, 2.75) is 59.0 Å². The van der Waals surface area contributed by atoms with E-state index in [-0.39, 0.29) is 32.7 Å². The Balaban J connectivity index is 0.00000144. The Morgan fingerprint density at radius 1 is 1.21 bits per heavy atom. The molecule has 0 spiro atoms. The molecule has 0 amide bonds. The van der Waals surface area contributed by atoms with Crippen LogP contribution in [0.4, 0.5) is 0 Å². The van der Waals surface area contributed by atoms with Crippen molar-refractivity contribution in [3.8, 4) is 0 Å². The lowest BCUT2D eigenvalue weighted by molar-refractivity contribution is -0.150. The van der Waals surface area contributed by atoms with E-state index in [1.54, 1.807) is 0 Å². The van der Waals surface area contributed by atoms with Crippen LogP contribution in [0, 0.1) is 5.92 Å². The predicted octanol–water partition coefficient (Wildman–Crippen LogP) is 4.73. The minimum atomic E-state index is -0.0558. The molecule has 2 heterocycles. The van der Waals surface area contributed by atoms with Crippen LogP contribution in [0.1, 0.15) is 58.1 Å². The van der Waals surface area contributed by atoms with E-state index in [0.717, 1.165) is 12.8 Å². The average Bonchev–Trinajstić information content (AvgIpc) is 2.77. The summed E-state index contributed by atoms with van der Waals surface area (Å²) in [4.78, 5) is 14.8. The number of esters is 1. The van der Waals surface area contributed by atoms with Gasteiger partial charge in [0.25, 0.3) is 0 Å². The van der Waals surface area contributed by atoms with Crippen molar-refractivity contribution in [1.82, 2.24) is 4.90 Å². The third-order valence-electron chi connectivity index (χ3n) is 5.47. The summed E-state index contributed by atoms with van der Waals surface area (Å²) in [5, 5.41) is 0. The number of fused-ring (bicyclic) bond motifs is 2. The zero-order valence-electron chi connectivity index (χ0n) is 13.7. The summed E-state index contributed by atoms with van der Waals surface area (Å²) in [5.41, 5.74) is 2.48. The van der Waals surface area contributed by atoms with Crippen LogP contribution >= 0.6 is 0 Å². The molecule has 1 aromatic rings. The molecule has 3 rings (SSSR count). The van der Waals surface area contributed by atoms with Gasteiger partial charge in [-0.2, -0.15) is 0 Å².